The maximum Gasteiger partial charge on any atom is 0.650 e. The number of nitrogens with one attached hydrogen (secondary N) is 1. The standard InChI is InChI=1S/C18H22N3O5P/c1-11(2)14(22)9-8-13(12-6-4-3-5-7-12)10-19-18-20-16-15-17(21-18)26-27(23,24-15)25-16/h3-7,11,13-14,22H,8-10H2,1-2H3,(H,19,20,21). The van der Waals surface area contributed by atoms with Gasteiger partial charge in [-0.1, -0.05) is 44.2 Å². The van der Waals surface area contributed by atoms with Crippen molar-refractivity contribution in [2.45, 2.75) is 38.7 Å². The van der Waals surface area contributed by atoms with Gasteiger partial charge in [-0.15, -0.1) is 0 Å². The highest BCUT2D eigenvalue weighted by molar-refractivity contribution is 7.50. The molecule has 2 aliphatic rings. The van der Waals surface area contributed by atoms with Gasteiger partial charge in [0.2, 0.25) is 5.95 Å². The molecule has 27 heavy (non-hydrogen) atoms. The van der Waals surface area contributed by atoms with Crippen LogP contribution < -0.4 is 18.9 Å². The highest BCUT2D eigenvalue weighted by atomic mass is 31.2. The lowest BCUT2D eigenvalue weighted by Crippen LogP contribution is -2.19. The highest BCUT2D eigenvalue weighted by Gasteiger charge is 2.52. The minimum atomic E-state index is -3.57. The molecule has 2 bridgehead atoms. The molecule has 1 aromatic carbocycles. The third-order valence-electron chi connectivity index (χ3n) is 4.76. The van der Waals surface area contributed by atoms with Gasteiger partial charge in [0.1, 0.15) is 0 Å². The molecule has 0 fully saturated rings. The number of anilines is 1. The van der Waals surface area contributed by atoms with E-state index in [1.807, 2.05) is 32.0 Å². The molecule has 2 aliphatic heterocycles. The van der Waals surface area contributed by atoms with E-state index < -0.39 is 7.82 Å². The highest BCUT2D eigenvalue weighted by Crippen LogP contribution is 2.67. The van der Waals surface area contributed by atoms with Crippen LogP contribution in [0, 0.1) is 5.92 Å². The van der Waals surface area contributed by atoms with Gasteiger partial charge < -0.3 is 24.0 Å². The summed E-state index contributed by atoms with van der Waals surface area (Å²) in [6, 6.07) is 10.1. The average Bonchev–Trinajstić information content (AvgIpc) is 3.15. The van der Waals surface area contributed by atoms with E-state index in [0.29, 0.717) is 18.9 Å². The molecule has 0 saturated heterocycles. The third kappa shape index (κ3) is 3.73. The minimum absolute atomic E-state index is 0.142. The van der Waals surface area contributed by atoms with Gasteiger partial charge in [-0.3, -0.25) is 0 Å². The number of phosphoric ester groups is 1. The monoisotopic (exact) mass is 391 g/mol. The summed E-state index contributed by atoms with van der Waals surface area (Å²) in [4.78, 5) is 8.42. The lowest BCUT2D eigenvalue weighted by molar-refractivity contribution is 0.112. The van der Waals surface area contributed by atoms with E-state index in [4.69, 9.17) is 13.6 Å². The number of hydrogen-bond donors (Lipinski definition) is 2. The van der Waals surface area contributed by atoms with Gasteiger partial charge in [-0.2, -0.15) is 14.5 Å². The molecule has 0 saturated carbocycles. The molecule has 0 spiro atoms. The van der Waals surface area contributed by atoms with Crippen molar-refractivity contribution < 1.29 is 23.2 Å². The normalized spacial score (nSPS) is 17.8. The van der Waals surface area contributed by atoms with E-state index in [2.05, 4.69) is 27.4 Å². The number of hydrogen-bond acceptors (Lipinski definition) is 8. The van der Waals surface area contributed by atoms with Gasteiger partial charge in [0.25, 0.3) is 17.5 Å². The van der Waals surface area contributed by atoms with Gasteiger partial charge in [-0.25, -0.2) is 0 Å². The Kier molecular flexibility index (Phi) is 4.70. The number of aliphatic hydroxyl groups is 1. The summed E-state index contributed by atoms with van der Waals surface area (Å²) in [5, 5.41) is 13.4. The van der Waals surface area contributed by atoms with Crippen LogP contribution in [0.25, 0.3) is 0 Å². The van der Waals surface area contributed by atoms with Crippen molar-refractivity contribution in [2.24, 2.45) is 5.92 Å². The zero-order valence-corrected chi connectivity index (χ0v) is 16.1. The second-order valence-electron chi connectivity index (χ2n) is 7.08. The molecular formula is C18H22N3O5P. The predicted molar refractivity (Wildman–Crippen MR) is 99.3 cm³/mol. The minimum Gasteiger partial charge on any atom is -0.393 e. The van der Waals surface area contributed by atoms with E-state index in [0.717, 1.165) is 6.42 Å². The Labute approximate surface area is 157 Å². The Hall–Kier alpha value is -2.31. The number of nitrogens with zero attached hydrogens (tertiary/aromatic N) is 2. The van der Waals surface area contributed by atoms with Crippen LogP contribution in [0.5, 0.6) is 17.5 Å². The van der Waals surface area contributed by atoms with Crippen molar-refractivity contribution in [2.75, 3.05) is 11.9 Å². The topological polar surface area (TPSA) is 103 Å². The summed E-state index contributed by atoms with van der Waals surface area (Å²) in [7, 11) is -3.57. The first-order valence-corrected chi connectivity index (χ1v) is 10.5. The summed E-state index contributed by atoms with van der Waals surface area (Å²) in [5.41, 5.74) is 1.18. The van der Waals surface area contributed by atoms with E-state index in [-0.39, 0.29) is 35.4 Å². The van der Waals surface area contributed by atoms with E-state index in [1.165, 1.54) is 5.56 Å². The van der Waals surface area contributed by atoms with Gasteiger partial charge in [0.15, 0.2) is 0 Å². The summed E-state index contributed by atoms with van der Waals surface area (Å²) in [6.45, 7) is 4.60. The first kappa shape index (κ1) is 18.1. The van der Waals surface area contributed by atoms with Crippen molar-refractivity contribution in [3.63, 3.8) is 0 Å². The molecule has 0 radical (unpaired) electrons. The smallest absolute Gasteiger partial charge is 0.393 e. The van der Waals surface area contributed by atoms with Crippen LogP contribution >= 0.6 is 7.82 Å². The van der Waals surface area contributed by atoms with Crippen molar-refractivity contribution in [3.05, 3.63) is 35.9 Å². The number of fused-ring (bicyclic) bond motifs is 1. The summed E-state index contributed by atoms with van der Waals surface area (Å²) >= 11 is 0. The quantitative estimate of drug-likeness (QED) is 0.656. The molecule has 144 valence electrons. The number of phosphoric acid groups is 1. The van der Waals surface area contributed by atoms with Gasteiger partial charge >= 0.3 is 7.82 Å². The van der Waals surface area contributed by atoms with Gasteiger partial charge in [0, 0.05) is 12.5 Å². The Balaban J connectivity index is 1.46. The Morgan fingerprint density at radius 1 is 1.07 bits per heavy atom. The number of aromatic nitrogens is 2. The molecule has 0 aliphatic carbocycles. The third-order valence-corrected chi connectivity index (χ3v) is 5.96. The van der Waals surface area contributed by atoms with E-state index >= 15 is 0 Å². The Morgan fingerprint density at radius 2 is 1.74 bits per heavy atom. The van der Waals surface area contributed by atoms with Crippen molar-refractivity contribution >= 4 is 13.8 Å². The van der Waals surface area contributed by atoms with Crippen LogP contribution in [-0.4, -0.2) is 27.7 Å². The van der Waals surface area contributed by atoms with Crippen LogP contribution in [-0.2, 0) is 4.57 Å². The van der Waals surface area contributed by atoms with Gasteiger partial charge in [-0.05, 0) is 24.3 Å². The van der Waals surface area contributed by atoms with Gasteiger partial charge in [0.05, 0.1) is 6.10 Å². The van der Waals surface area contributed by atoms with Crippen molar-refractivity contribution in [1.29, 1.82) is 0 Å². The maximum atomic E-state index is 11.9. The van der Waals surface area contributed by atoms with Crippen LogP contribution in [0.4, 0.5) is 5.95 Å². The van der Waals surface area contributed by atoms with Crippen LogP contribution in [0.2, 0.25) is 0 Å². The molecule has 2 atom stereocenters. The Morgan fingerprint density at radius 3 is 2.33 bits per heavy atom. The lowest BCUT2D eigenvalue weighted by atomic mass is 9.90. The fraction of sp³-hybridized carbons (Fsp3) is 0.444. The molecule has 9 heteroatoms. The molecule has 0 amide bonds. The van der Waals surface area contributed by atoms with E-state index in [1.54, 1.807) is 0 Å². The number of benzene rings is 1. The summed E-state index contributed by atoms with van der Waals surface area (Å²) in [5.74, 6) is 1.20. The lowest BCUT2D eigenvalue weighted by Gasteiger charge is -2.21. The van der Waals surface area contributed by atoms with Crippen LogP contribution in [0.1, 0.15) is 38.2 Å². The molecule has 2 aromatic rings. The summed E-state index contributed by atoms with van der Waals surface area (Å²) in [6.07, 6.45) is 1.19. The molecule has 1 aromatic heterocycles. The van der Waals surface area contributed by atoms with E-state index in [9.17, 15) is 9.67 Å². The van der Waals surface area contributed by atoms with Crippen LogP contribution in [0.15, 0.2) is 30.3 Å². The molecule has 4 rings (SSSR count). The molecule has 8 nitrogen and oxygen atoms in total. The first-order valence-electron chi connectivity index (χ1n) is 9.01. The van der Waals surface area contributed by atoms with Crippen molar-refractivity contribution in [3.8, 4) is 17.5 Å². The maximum absolute atomic E-state index is 11.9. The van der Waals surface area contributed by atoms with Crippen LogP contribution in [0.3, 0.4) is 0 Å². The number of aliphatic hydroxyl groups excluding tert-OH is 1. The molecule has 3 heterocycles. The average molecular weight is 391 g/mol. The largest absolute Gasteiger partial charge is 0.650 e. The summed E-state index contributed by atoms with van der Waals surface area (Å²) < 4.78 is 27.1. The van der Waals surface area contributed by atoms with Crippen molar-refractivity contribution in [1.82, 2.24) is 9.97 Å². The zero-order valence-electron chi connectivity index (χ0n) is 15.2. The molecule has 2 unspecified atom stereocenters. The fourth-order valence-corrected chi connectivity index (χ4v) is 4.27. The second-order valence-corrected chi connectivity index (χ2v) is 8.53. The molecular weight excluding hydrogens is 369 g/mol. The molecule has 2 N–H and O–H groups in total. The predicted octanol–water partition coefficient (Wildman–Crippen LogP) is 3.74. The Bertz CT molecular complexity index is 846. The zero-order chi connectivity index (χ0) is 19.0. The second kappa shape index (κ2) is 7.02. The fourth-order valence-electron chi connectivity index (χ4n) is 3.10. The first-order chi connectivity index (χ1) is 12.9. The SMILES string of the molecule is CC(C)C(O)CCC(CNc1nc2c3c(n1)OP(=O)(O2)O3)c1ccccc1. The number of rotatable bonds is 8.